The normalized spacial score (nSPS) is 23.5. The van der Waals surface area contributed by atoms with Crippen LogP contribution in [-0.4, -0.2) is 51.9 Å². The number of aromatic amines is 1. The third kappa shape index (κ3) is 3.40. The van der Waals surface area contributed by atoms with Gasteiger partial charge in [-0.1, -0.05) is 30.3 Å². The predicted octanol–water partition coefficient (Wildman–Crippen LogP) is 3.03. The van der Waals surface area contributed by atoms with Crippen LogP contribution in [0, 0.1) is 5.41 Å². The van der Waals surface area contributed by atoms with Gasteiger partial charge < -0.3 is 9.88 Å². The first-order chi connectivity index (χ1) is 12.7. The van der Waals surface area contributed by atoms with Gasteiger partial charge in [-0.3, -0.25) is 9.69 Å². The molecule has 0 bridgehead atoms. The zero-order valence-corrected chi connectivity index (χ0v) is 15.5. The second-order valence-electron chi connectivity index (χ2n) is 7.83. The molecular weight excluding hydrogens is 324 g/mol. The molecule has 5 heteroatoms. The number of rotatable bonds is 4. The highest BCUT2D eigenvalue weighted by molar-refractivity contribution is 5.84. The van der Waals surface area contributed by atoms with Gasteiger partial charge in [0.15, 0.2) is 0 Å². The Morgan fingerprint density at radius 3 is 2.65 bits per heavy atom. The van der Waals surface area contributed by atoms with Crippen molar-refractivity contribution in [2.45, 2.75) is 38.6 Å². The van der Waals surface area contributed by atoms with E-state index in [1.54, 1.807) is 0 Å². The molecule has 2 aromatic rings. The van der Waals surface area contributed by atoms with E-state index in [4.69, 9.17) is 0 Å². The fourth-order valence-corrected chi connectivity index (χ4v) is 4.65. The van der Waals surface area contributed by atoms with Crippen molar-refractivity contribution < 1.29 is 4.79 Å². The van der Waals surface area contributed by atoms with Gasteiger partial charge in [0.2, 0.25) is 5.91 Å². The molecule has 2 aliphatic heterocycles. The monoisotopic (exact) mass is 352 g/mol. The van der Waals surface area contributed by atoms with E-state index in [0.29, 0.717) is 5.91 Å². The lowest BCUT2D eigenvalue weighted by Crippen LogP contribution is -2.53. The van der Waals surface area contributed by atoms with Crippen molar-refractivity contribution in [2.75, 3.05) is 26.2 Å². The summed E-state index contributed by atoms with van der Waals surface area (Å²) < 4.78 is 0. The zero-order chi connectivity index (χ0) is 18.0. The van der Waals surface area contributed by atoms with Gasteiger partial charge in [0, 0.05) is 25.5 Å². The Labute approximate surface area is 155 Å². The molecule has 138 valence electrons. The number of nitrogens with one attached hydrogen (secondary N) is 1. The Balaban J connectivity index is 1.48. The second-order valence-corrected chi connectivity index (χ2v) is 7.83. The Morgan fingerprint density at radius 1 is 1.23 bits per heavy atom. The second kappa shape index (κ2) is 7.23. The van der Waals surface area contributed by atoms with E-state index in [0.717, 1.165) is 57.8 Å². The highest BCUT2D eigenvalue weighted by Crippen LogP contribution is 2.45. The lowest BCUT2D eigenvalue weighted by molar-refractivity contribution is -0.141. The maximum atomic E-state index is 13.0. The van der Waals surface area contributed by atoms with E-state index in [1.165, 1.54) is 5.56 Å². The van der Waals surface area contributed by atoms with Crippen molar-refractivity contribution in [3.63, 3.8) is 0 Å². The quantitative estimate of drug-likeness (QED) is 0.920. The minimum atomic E-state index is 0.0153. The van der Waals surface area contributed by atoms with Crippen LogP contribution in [0.5, 0.6) is 0 Å². The fraction of sp³-hybridized carbons (Fsp3) is 0.524. The van der Waals surface area contributed by atoms with Crippen LogP contribution in [0.4, 0.5) is 0 Å². The van der Waals surface area contributed by atoms with Gasteiger partial charge in [-0.2, -0.15) is 0 Å². The maximum absolute atomic E-state index is 13.0. The van der Waals surface area contributed by atoms with Crippen LogP contribution in [0.3, 0.4) is 0 Å². The molecule has 0 radical (unpaired) electrons. The molecule has 2 saturated heterocycles. The Morgan fingerprint density at radius 2 is 2.00 bits per heavy atom. The van der Waals surface area contributed by atoms with Crippen molar-refractivity contribution in [3.05, 3.63) is 54.1 Å². The molecule has 1 amide bonds. The maximum Gasteiger partial charge on any atom is 0.230 e. The summed E-state index contributed by atoms with van der Waals surface area (Å²) in [6.07, 6.45) is 7.00. The SMILES string of the molecule is CCN1CC2(CCN(Cc3ncc[nH]3)CC2)C[C@@H](c2ccccc2)C1=O. The van der Waals surface area contributed by atoms with Crippen LogP contribution in [0.1, 0.15) is 43.5 Å². The summed E-state index contributed by atoms with van der Waals surface area (Å²) in [5.74, 6) is 1.36. The predicted molar refractivity (Wildman–Crippen MR) is 102 cm³/mol. The molecule has 0 aliphatic carbocycles. The summed E-state index contributed by atoms with van der Waals surface area (Å²) in [7, 11) is 0. The molecule has 2 aliphatic rings. The van der Waals surface area contributed by atoms with Gasteiger partial charge in [0.05, 0.1) is 12.5 Å². The third-order valence-corrected chi connectivity index (χ3v) is 6.20. The van der Waals surface area contributed by atoms with Gasteiger partial charge in [-0.25, -0.2) is 4.98 Å². The number of nitrogens with zero attached hydrogens (tertiary/aromatic N) is 3. The third-order valence-electron chi connectivity index (χ3n) is 6.20. The number of imidazole rings is 1. The average Bonchev–Trinajstić information content (AvgIpc) is 3.19. The molecule has 1 spiro atoms. The van der Waals surface area contributed by atoms with E-state index in [2.05, 4.69) is 38.8 Å². The fourth-order valence-electron chi connectivity index (χ4n) is 4.65. The molecule has 1 aromatic heterocycles. The number of hydrogen-bond donors (Lipinski definition) is 1. The largest absolute Gasteiger partial charge is 0.348 e. The molecule has 3 heterocycles. The average molecular weight is 352 g/mol. The number of hydrogen-bond acceptors (Lipinski definition) is 3. The molecule has 0 unspecified atom stereocenters. The molecule has 5 nitrogen and oxygen atoms in total. The van der Waals surface area contributed by atoms with E-state index < -0.39 is 0 Å². The lowest BCUT2D eigenvalue weighted by Gasteiger charge is -2.49. The van der Waals surface area contributed by atoms with Crippen molar-refractivity contribution in [3.8, 4) is 0 Å². The lowest BCUT2D eigenvalue weighted by atomic mass is 9.67. The molecule has 1 N–H and O–H groups in total. The molecule has 1 aromatic carbocycles. The van der Waals surface area contributed by atoms with Gasteiger partial charge in [-0.15, -0.1) is 0 Å². The Hall–Kier alpha value is -2.14. The highest BCUT2D eigenvalue weighted by atomic mass is 16.2. The summed E-state index contributed by atoms with van der Waals surface area (Å²) in [5, 5.41) is 0. The minimum Gasteiger partial charge on any atom is -0.348 e. The van der Waals surface area contributed by atoms with Crippen molar-refractivity contribution in [1.82, 2.24) is 19.8 Å². The van der Waals surface area contributed by atoms with Crippen molar-refractivity contribution >= 4 is 5.91 Å². The molecule has 4 rings (SSSR count). The first-order valence-corrected chi connectivity index (χ1v) is 9.73. The van der Waals surface area contributed by atoms with Crippen molar-refractivity contribution in [2.24, 2.45) is 5.41 Å². The highest BCUT2D eigenvalue weighted by Gasteiger charge is 2.45. The Kier molecular flexibility index (Phi) is 4.81. The van der Waals surface area contributed by atoms with Crippen molar-refractivity contribution in [1.29, 1.82) is 0 Å². The minimum absolute atomic E-state index is 0.0153. The summed E-state index contributed by atoms with van der Waals surface area (Å²) in [5.41, 5.74) is 1.43. The topological polar surface area (TPSA) is 52.2 Å². The molecule has 1 atom stereocenters. The first kappa shape index (κ1) is 17.3. The van der Waals surface area contributed by atoms with Crippen LogP contribution in [0.15, 0.2) is 42.7 Å². The number of aromatic nitrogens is 2. The van der Waals surface area contributed by atoms with E-state index in [9.17, 15) is 4.79 Å². The van der Waals surface area contributed by atoms with Gasteiger partial charge in [0.25, 0.3) is 0 Å². The molecule has 26 heavy (non-hydrogen) atoms. The molecular formula is C21H28N4O. The van der Waals surface area contributed by atoms with E-state index in [1.807, 2.05) is 30.6 Å². The standard InChI is InChI=1S/C21H28N4O/c1-2-25-16-21(14-18(20(25)26)17-6-4-3-5-7-17)8-12-24(13-9-21)15-19-22-10-11-23-19/h3-7,10-11,18H,2,8-9,12-16H2,1H3,(H,22,23)/t18-/m0/s1. The summed E-state index contributed by atoms with van der Waals surface area (Å²) >= 11 is 0. The van der Waals surface area contributed by atoms with Crippen LogP contribution in [0.25, 0.3) is 0 Å². The number of carbonyl (C=O) groups excluding carboxylic acids is 1. The van der Waals surface area contributed by atoms with E-state index >= 15 is 0 Å². The van der Waals surface area contributed by atoms with Crippen LogP contribution < -0.4 is 0 Å². The number of benzene rings is 1. The van der Waals surface area contributed by atoms with Gasteiger partial charge in [-0.05, 0) is 50.3 Å². The number of H-pyrrole nitrogens is 1. The number of likely N-dealkylation sites (N-methyl/N-ethyl adjacent to an activating group) is 1. The van der Waals surface area contributed by atoms with Gasteiger partial charge >= 0.3 is 0 Å². The first-order valence-electron chi connectivity index (χ1n) is 9.73. The van der Waals surface area contributed by atoms with Crippen LogP contribution in [-0.2, 0) is 11.3 Å². The number of piperidine rings is 2. The molecule has 2 fully saturated rings. The van der Waals surface area contributed by atoms with Crippen LogP contribution >= 0.6 is 0 Å². The van der Waals surface area contributed by atoms with Gasteiger partial charge in [0.1, 0.15) is 5.82 Å². The molecule has 0 saturated carbocycles. The number of likely N-dealkylation sites (tertiary alicyclic amines) is 2. The Bertz CT molecular complexity index is 720. The van der Waals surface area contributed by atoms with Crippen LogP contribution in [0.2, 0.25) is 0 Å². The summed E-state index contributed by atoms with van der Waals surface area (Å²) in [6.45, 7) is 6.87. The van der Waals surface area contributed by atoms with E-state index in [-0.39, 0.29) is 11.3 Å². The zero-order valence-electron chi connectivity index (χ0n) is 15.5. The number of amides is 1. The summed E-state index contributed by atoms with van der Waals surface area (Å²) in [6, 6.07) is 10.3. The smallest absolute Gasteiger partial charge is 0.230 e. The number of carbonyl (C=O) groups is 1. The summed E-state index contributed by atoms with van der Waals surface area (Å²) in [4.78, 5) is 25.1.